The standard InChI is InChI=1S/C12H25NO/c1-5-14-11(12(2,3)4)10(13)8-9-6-7-9/h9-11H,5-8,13H2,1-4H3. The van der Waals surface area contributed by atoms with Gasteiger partial charge in [0.25, 0.3) is 0 Å². The molecule has 1 aliphatic rings. The Morgan fingerprint density at radius 2 is 1.93 bits per heavy atom. The first-order valence-corrected chi connectivity index (χ1v) is 5.82. The zero-order valence-corrected chi connectivity index (χ0v) is 10.0. The van der Waals surface area contributed by atoms with Crippen LogP contribution < -0.4 is 5.73 Å². The number of rotatable bonds is 5. The fourth-order valence-corrected chi connectivity index (χ4v) is 2.06. The van der Waals surface area contributed by atoms with Crippen molar-refractivity contribution in [1.82, 2.24) is 0 Å². The molecule has 0 spiro atoms. The first-order chi connectivity index (χ1) is 6.45. The Morgan fingerprint density at radius 3 is 2.29 bits per heavy atom. The van der Waals surface area contributed by atoms with Crippen LogP contribution in [-0.4, -0.2) is 18.8 Å². The molecule has 2 heteroatoms. The minimum Gasteiger partial charge on any atom is -0.376 e. The molecule has 1 fully saturated rings. The van der Waals surface area contributed by atoms with Gasteiger partial charge in [0.1, 0.15) is 0 Å². The van der Waals surface area contributed by atoms with Gasteiger partial charge in [0, 0.05) is 12.6 Å². The average molecular weight is 199 g/mol. The van der Waals surface area contributed by atoms with Crippen LogP contribution in [0.15, 0.2) is 0 Å². The molecule has 0 aromatic carbocycles. The second-order valence-electron chi connectivity index (χ2n) is 5.58. The maximum absolute atomic E-state index is 6.21. The van der Waals surface area contributed by atoms with E-state index in [1.54, 1.807) is 0 Å². The predicted molar refractivity (Wildman–Crippen MR) is 60.2 cm³/mol. The summed E-state index contributed by atoms with van der Waals surface area (Å²) >= 11 is 0. The highest BCUT2D eigenvalue weighted by atomic mass is 16.5. The van der Waals surface area contributed by atoms with Gasteiger partial charge in [-0.2, -0.15) is 0 Å². The summed E-state index contributed by atoms with van der Waals surface area (Å²) in [5.41, 5.74) is 6.36. The third kappa shape index (κ3) is 3.58. The van der Waals surface area contributed by atoms with E-state index in [2.05, 4.69) is 20.8 Å². The van der Waals surface area contributed by atoms with E-state index in [-0.39, 0.29) is 17.6 Å². The van der Waals surface area contributed by atoms with Crippen molar-refractivity contribution in [3.05, 3.63) is 0 Å². The SMILES string of the molecule is CCOC(C(N)CC1CC1)C(C)(C)C. The highest BCUT2D eigenvalue weighted by Gasteiger charge is 2.34. The Balaban J connectivity index is 2.46. The summed E-state index contributed by atoms with van der Waals surface area (Å²) in [5.74, 6) is 0.885. The molecule has 0 heterocycles. The summed E-state index contributed by atoms with van der Waals surface area (Å²) in [6.07, 6.45) is 4.09. The fourth-order valence-electron chi connectivity index (χ4n) is 2.06. The Labute approximate surface area is 88.2 Å². The Kier molecular flexibility index (Phi) is 3.96. The average Bonchev–Trinajstić information content (AvgIpc) is 2.81. The largest absolute Gasteiger partial charge is 0.376 e. The molecule has 1 saturated carbocycles. The summed E-state index contributed by atoms with van der Waals surface area (Å²) in [4.78, 5) is 0. The third-order valence-corrected chi connectivity index (χ3v) is 2.89. The van der Waals surface area contributed by atoms with E-state index in [9.17, 15) is 0 Å². The van der Waals surface area contributed by atoms with Gasteiger partial charge < -0.3 is 10.5 Å². The van der Waals surface area contributed by atoms with E-state index >= 15 is 0 Å². The first kappa shape index (κ1) is 12.0. The molecule has 2 N–H and O–H groups in total. The summed E-state index contributed by atoms with van der Waals surface area (Å²) in [7, 11) is 0. The minimum absolute atomic E-state index is 0.157. The van der Waals surface area contributed by atoms with Crippen molar-refractivity contribution in [1.29, 1.82) is 0 Å². The molecular weight excluding hydrogens is 174 g/mol. The molecule has 0 saturated heterocycles. The van der Waals surface area contributed by atoms with E-state index in [0.717, 1.165) is 18.9 Å². The summed E-state index contributed by atoms with van der Waals surface area (Å²) in [6, 6.07) is 0.211. The van der Waals surface area contributed by atoms with Crippen LogP contribution in [-0.2, 0) is 4.74 Å². The molecule has 0 bridgehead atoms. The van der Waals surface area contributed by atoms with Crippen LogP contribution in [0.2, 0.25) is 0 Å². The highest BCUT2D eigenvalue weighted by Crippen LogP contribution is 2.36. The van der Waals surface area contributed by atoms with Crippen LogP contribution in [0.5, 0.6) is 0 Å². The first-order valence-electron chi connectivity index (χ1n) is 5.82. The van der Waals surface area contributed by atoms with Crippen LogP contribution in [0.1, 0.15) is 47.0 Å². The maximum Gasteiger partial charge on any atom is 0.0773 e. The zero-order chi connectivity index (χ0) is 10.8. The number of nitrogens with two attached hydrogens (primary N) is 1. The van der Waals surface area contributed by atoms with Crippen molar-refractivity contribution >= 4 is 0 Å². The molecule has 0 radical (unpaired) electrons. The lowest BCUT2D eigenvalue weighted by atomic mass is 9.83. The Hall–Kier alpha value is -0.0800. The normalized spacial score (nSPS) is 22.1. The minimum atomic E-state index is 0.157. The molecule has 1 rings (SSSR count). The predicted octanol–water partition coefficient (Wildman–Crippen LogP) is 2.57. The molecule has 0 aliphatic heterocycles. The van der Waals surface area contributed by atoms with Crippen molar-refractivity contribution in [2.75, 3.05) is 6.61 Å². The van der Waals surface area contributed by atoms with Crippen molar-refractivity contribution in [2.24, 2.45) is 17.1 Å². The summed E-state index contributed by atoms with van der Waals surface area (Å²) < 4.78 is 5.77. The fraction of sp³-hybridized carbons (Fsp3) is 1.00. The van der Waals surface area contributed by atoms with Crippen molar-refractivity contribution in [3.63, 3.8) is 0 Å². The van der Waals surface area contributed by atoms with Crippen LogP contribution in [0, 0.1) is 11.3 Å². The van der Waals surface area contributed by atoms with E-state index < -0.39 is 0 Å². The zero-order valence-electron chi connectivity index (χ0n) is 10.0. The van der Waals surface area contributed by atoms with Gasteiger partial charge in [-0.25, -0.2) is 0 Å². The number of hydrogen-bond donors (Lipinski definition) is 1. The summed E-state index contributed by atoms with van der Waals surface area (Å²) in [5, 5.41) is 0. The van der Waals surface area contributed by atoms with Crippen LogP contribution >= 0.6 is 0 Å². The molecule has 14 heavy (non-hydrogen) atoms. The van der Waals surface area contributed by atoms with Gasteiger partial charge in [-0.1, -0.05) is 33.6 Å². The molecule has 1 aliphatic carbocycles. The van der Waals surface area contributed by atoms with Crippen molar-refractivity contribution < 1.29 is 4.74 Å². The molecule has 2 unspecified atom stereocenters. The number of ether oxygens (including phenoxy) is 1. The lowest BCUT2D eigenvalue weighted by Crippen LogP contribution is -2.45. The third-order valence-electron chi connectivity index (χ3n) is 2.89. The van der Waals surface area contributed by atoms with E-state index in [1.165, 1.54) is 12.8 Å². The molecule has 2 nitrogen and oxygen atoms in total. The quantitative estimate of drug-likeness (QED) is 0.738. The van der Waals surface area contributed by atoms with Gasteiger partial charge in [-0.3, -0.25) is 0 Å². The van der Waals surface area contributed by atoms with Crippen molar-refractivity contribution in [3.8, 4) is 0 Å². The molecule has 84 valence electrons. The maximum atomic E-state index is 6.21. The molecular formula is C12H25NO. The second-order valence-corrected chi connectivity index (χ2v) is 5.58. The molecule has 0 aromatic rings. The smallest absolute Gasteiger partial charge is 0.0773 e. The van der Waals surface area contributed by atoms with E-state index in [1.807, 2.05) is 6.92 Å². The highest BCUT2D eigenvalue weighted by molar-refractivity contribution is 4.88. The van der Waals surface area contributed by atoms with E-state index in [4.69, 9.17) is 10.5 Å². The summed E-state index contributed by atoms with van der Waals surface area (Å²) in [6.45, 7) is 9.43. The number of hydrogen-bond acceptors (Lipinski definition) is 2. The van der Waals surface area contributed by atoms with E-state index in [0.29, 0.717) is 0 Å². The van der Waals surface area contributed by atoms with Gasteiger partial charge in [0.15, 0.2) is 0 Å². The van der Waals surface area contributed by atoms with Crippen LogP contribution in [0.4, 0.5) is 0 Å². The lowest BCUT2D eigenvalue weighted by Gasteiger charge is -2.35. The van der Waals surface area contributed by atoms with Gasteiger partial charge in [-0.05, 0) is 24.7 Å². The molecule has 0 aromatic heterocycles. The van der Waals surface area contributed by atoms with Crippen LogP contribution in [0.25, 0.3) is 0 Å². The lowest BCUT2D eigenvalue weighted by molar-refractivity contribution is -0.0300. The topological polar surface area (TPSA) is 35.2 Å². The van der Waals surface area contributed by atoms with Gasteiger partial charge in [0.2, 0.25) is 0 Å². The van der Waals surface area contributed by atoms with Gasteiger partial charge >= 0.3 is 0 Å². The van der Waals surface area contributed by atoms with Gasteiger partial charge in [-0.15, -0.1) is 0 Å². The van der Waals surface area contributed by atoms with Crippen molar-refractivity contribution in [2.45, 2.75) is 59.1 Å². The van der Waals surface area contributed by atoms with Gasteiger partial charge in [0.05, 0.1) is 6.10 Å². The monoisotopic (exact) mass is 199 g/mol. The second kappa shape index (κ2) is 4.63. The molecule has 2 atom stereocenters. The Morgan fingerprint density at radius 1 is 1.36 bits per heavy atom. The molecule has 0 amide bonds. The van der Waals surface area contributed by atoms with Crippen LogP contribution in [0.3, 0.4) is 0 Å². The Bertz CT molecular complexity index is 170.